The number of rotatable bonds is 18. The Morgan fingerprint density at radius 1 is 0.594 bits per heavy atom. The summed E-state index contributed by atoms with van der Waals surface area (Å²) in [6.45, 7) is 4.56. The molecule has 2 aromatic rings. The summed E-state index contributed by atoms with van der Waals surface area (Å²) >= 11 is 0. The van der Waals surface area contributed by atoms with Gasteiger partial charge in [-0.25, -0.2) is 0 Å². The Balaban J connectivity index is 0.00000363. The highest BCUT2D eigenvalue weighted by Gasteiger charge is 2.20. The van der Waals surface area contributed by atoms with Crippen LogP contribution < -0.4 is 17.3 Å². The molecule has 1 heterocycles. The molecule has 0 bridgehead atoms. The van der Waals surface area contributed by atoms with Gasteiger partial charge in [0.25, 0.3) is 0 Å². The highest BCUT2D eigenvalue weighted by Crippen LogP contribution is 2.18. The third-order valence-corrected chi connectivity index (χ3v) is 6.55. The summed E-state index contributed by atoms with van der Waals surface area (Å²) in [5.41, 5.74) is 2.91. The summed E-state index contributed by atoms with van der Waals surface area (Å²) in [5, 5.41) is 0. The summed E-state index contributed by atoms with van der Waals surface area (Å²) in [5.74, 6) is 0. The Bertz CT molecular complexity index is 633. The molecule has 1 aliphatic heterocycles. The van der Waals surface area contributed by atoms with Gasteiger partial charge in [0, 0.05) is 11.1 Å². The zero-order valence-electron chi connectivity index (χ0n) is 20.0. The average Bonchev–Trinajstić information content (AvgIpc) is 3.63. The third-order valence-electron chi connectivity index (χ3n) is 6.55. The monoisotopic (exact) mass is 457 g/mol. The maximum atomic E-state index is 5.27. The van der Waals surface area contributed by atoms with Crippen LogP contribution in [0.5, 0.6) is 0 Å². The van der Waals surface area contributed by atoms with Crippen LogP contribution in [0.15, 0.2) is 60.7 Å². The largest absolute Gasteiger partial charge is 1.00 e. The first-order valence-electron chi connectivity index (χ1n) is 12.9. The number of hydrogen-bond donors (Lipinski definition) is 1. The fraction of sp³-hybridized carbons (Fsp3) is 0.586. The van der Waals surface area contributed by atoms with E-state index in [-0.39, 0.29) is 12.4 Å². The van der Waals surface area contributed by atoms with Gasteiger partial charge in [0.1, 0.15) is 13.1 Å². The van der Waals surface area contributed by atoms with Crippen LogP contribution >= 0.6 is 0 Å². The van der Waals surface area contributed by atoms with Crippen molar-refractivity contribution in [1.29, 1.82) is 0 Å². The molecule has 32 heavy (non-hydrogen) atoms. The molecule has 1 N–H and O–H groups in total. The van der Waals surface area contributed by atoms with Crippen molar-refractivity contribution in [3.63, 3.8) is 0 Å². The number of hydrogen-bond acceptors (Lipinski definition) is 1. The molecule has 3 heteroatoms. The Morgan fingerprint density at radius 2 is 1.00 bits per heavy atom. The molecule has 1 fully saturated rings. The molecule has 0 saturated carbocycles. The molecule has 1 unspecified atom stereocenters. The van der Waals surface area contributed by atoms with Crippen molar-refractivity contribution in [2.75, 3.05) is 13.2 Å². The van der Waals surface area contributed by atoms with Crippen LogP contribution in [0.3, 0.4) is 0 Å². The minimum atomic E-state index is 0. The molecule has 0 radical (unpaired) electrons. The summed E-state index contributed by atoms with van der Waals surface area (Å²) in [4.78, 5) is 1.69. The summed E-state index contributed by atoms with van der Waals surface area (Å²) in [6.07, 6.45) is 17.4. The molecule has 1 saturated heterocycles. The second-order valence-electron chi connectivity index (χ2n) is 9.46. The van der Waals surface area contributed by atoms with E-state index >= 15 is 0 Å². The van der Waals surface area contributed by atoms with E-state index in [4.69, 9.17) is 4.74 Å². The first kappa shape index (κ1) is 26.9. The number of ether oxygens (including phenoxy) is 1. The van der Waals surface area contributed by atoms with Gasteiger partial charge in [0.15, 0.2) is 0 Å². The number of benzene rings is 2. The summed E-state index contributed by atoms with van der Waals surface area (Å²) in [6, 6.07) is 22.0. The number of nitrogens with one attached hydrogen (secondary N) is 1. The van der Waals surface area contributed by atoms with Crippen molar-refractivity contribution in [1.82, 2.24) is 0 Å². The lowest BCUT2D eigenvalue weighted by molar-refractivity contribution is -0.927. The van der Waals surface area contributed by atoms with Crippen molar-refractivity contribution >= 4 is 0 Å². The Morgan fingerprint density at radius 3 is 1.44 bits per heavy atom. The van der Waals surface area contributed by atoms with E-state index in [2.05, 4.69) is 60.7 Å². The Hall–Kier alpha value is -1.35. The average molecular weight is 458 g/mol. The van der Waals surface area contributed by atoms with Gasteiger partial charge >= 0.3 is 0 Å². The van der Waals surface area contributed by atoms with E-state index in [1.807, 2.05) is 0 Å². The lowest BCUT2D eigenvalue weighted by Gasteiger charge is -2.20. The van der Waals surface area contributed by atoms with Gasteiger partial charge < -0.3 is 22.0 Å². The van der Waals surface area contributed by atoms with Crippen LogP contribution in [0.2, 0.25) is 0 Å². The Labute approximate surface area is 203 Å². The van der Waals surface area contributed by atoms with Crippen LogP contribution in [-0.2, 0) is 17.8 Å². The molecule has 0 spiro atoms. The molecule has 0 aliphatic carbocycles. The SMILES string of the molecule is [Cl-].c1ccc(C[NH+](CCCCCCCCCCCCCC2CO2)Cc2ccccc2)cc1. The van der Waals surface area contributed by atoms with Gasteiger partial charge in [-0.05, 0) is 19.3 Å². The van der Waals surface area contributed by atoms with Gasteiger partial charge in [0.05, 0.1) is 19.3 Å². The van der Waals surface area contributed by atoms with Crippen LogP contribution in [0.4, 0.5) is 0 Å². The van der Waals surface area contributed by atoms with Crippen molar-refractivity contribution in [3.8, 4) is 0 Å². The van der Waals surface area contributed by atoms with Crippen LogP contribution in [-0.4, -0.2) is 19.3 Å². The van der Waals surface area contributed by atoms with Gasteiger partial charge in [-0.3, -0.25) is 0 Å². The smallest absolute Gasteiger partial charge is 0.103 e. The van der Waals surface area contributed by atoms with E-state index < -0.39 is 0 Å². The minimum Gasteiger partial charge on any atom is -1.00 e. The Kier molecular flexibility index (Phi) is 14.4. The topological polar surface area (TPSA) is 17.0 Å². The molecular weight excluding hydrogens is 414 g/mol. The van der Waals surface area contributed by atoms with Crippen molar-refractivity contribution in [2.45, 2.75) is 96.2 Å². The first-order valence-corrected chi connectivity index (χ1v) is 12.9. The predicted octanol–water partition coefficient (Wildman–Crippen LogP) is 3.36. The van der Waals surface area contributed by atoms with Gasteiger partial charge in [-0.1, -0.05) is 118 Å². The lowest BCUT2D eigenvalue weighted by atomic mass is 10.0. The second-order valence-corrected chi connectivity index (χ2v) is 9.46. The molecule has 1 atom stereocenters. The molecule has 2 aromatic carbocycles. The van der Waals surface area contributed by atoms with Gasteiger partial charge in [-0.15, -0.1) is 0 Å². The molecule has 3 rings (SSSR count). The van der Waals surface area contributed by atoms with E-state index in [1.165, 1.54) is 94.7 Å². The maximum absolute atomic E-state index is 5.27. The van der Waals surface area contributed by atoms with Crippen LogP contribution in [0.25, 0.3) is 0 Å². The van der Waals surface area contributed by atoms with Crippen molar-refractivity contribution < 1.29 is 22.0 Å². The van der Waals surface area contributed by atoms with E-state index in [0.29, 0.717) is 6.10 Å². The van der Waals surface area contributed by atoms with Crippen molar-refractivity contribution in [3.05, 3.63) is 71.8 Å². The molecule has 1 aliphatic rings. The number of quaternary nitrogens is 1. The van der Waals surface area contributed by atoms with Crippen LogP contribution in [0, 0.1) is 0 Å². The predicted molar refractivity (Wildman–Crippen MR) is 131 cm³/mol. The molecular formula is C29H44ClNO. The third kappa shape index (κ3) is 12.6. The zero-order chi connectivity index (χ0) is 21.4. The molecule has 2 nitrogen and oxygen atoms in total. The molecule has 0 amide bonds. The fourth-order valence-corrected chi connectivity index (χ4v) is 4.58. The molecule has 0 aromatic heterocycles. The number of halogens is 1. The standard InChI is InChI=1S/C29H43NO.ClH/c1(2-4-6-8-16-22-29-26-31-29)3-5-7-9-17-23-30(24-27-18-12-10-13-19-27)25-28-20-14-11-15-21-28;/h10-15,18-21,29H,1-9,16-17,22-26H2;1H. The number of epoxide rings is 1. The van der Waals surface area contributed by atoms with E-state index in [9.17, 15) is 0 Å². The first-order chi connectivity index (χ1) is 15.4. The normalized spacial score (nSPS) is 15.0. The summed E-state index contributed by atoms with van der Waals surface area (Å²) in [7, 11) is 0. The lowest BCUT2D eigenvalue weighted by Crippen LogP contribution is -3.09. The van der Waals surface area contributed by atoms with E-state index in [1.54, 1.807) is 4.90 Å². The highest BCUT2D eigenvalue weighted by molar-refractivity contribution is 5.14. The highest BCUT2D eigenvalue weighted by atomic mass is 35.5. The van der Waals surface area contributed by atoms with E-state index in [0.717, 1.165) is 19.7 Å². The quantitative estimate of drug-likeness (QED) is 0.268. The second kappa shape index (κ2) is 17.2. The number of unbranched alkanes of at least 4 members (excludes halogenated alkanes) is 10. The van der Waals surface area contributed by atoms with Gasteiger partial charge in [0.2, 0.25) is 0 Å². The van der Waals surface area contributed by atoms with Gasteiger partial charge in [-0.2, -0.15) is 0 Å². The zero-order valence-corrected chi connectivity index (χ0v) is 20.7. The maximum Gasteiger partial charge on any atom is 0.103 e. The minimum absolute atomic E-state index is 0. The fourth-order valence-electron chi connectivity index (χ4n) is 4.58. The van der Waals surface area contributed by atoms with Crippen LogP contribution in [0.1, 0.15) is 88.2 Å². The molecule has 178 valence electrons. The summed E-state index contributed by atoms with van der Waals surface area (Å²) < 4.78 is 5.27. The van der Waals surface area contributed by atoms with Crippen molar-refractivity contribution in [2.24, 2.45) is 0 Å².